The summed E-state index contributed by atoms with van der Waals surface area (Å²) in [5.74, 6) is 0.0210. The van der Waals surface area contributed by atoms with Gasteiger partial charge in [-0.2, -0.15) is 0 Å². The van der Waals surface area contributed by atoms with E-state index in [0.29, 0.717) is 0 Å². The number of aromatic nitrogens is 1. The van der Waals surface area contributed by atoms with Crippen LogP contribution >= 0.6 is 27.3 Å². The van der Waals surface area contributed by atoms with Gasteiger partial charge < -0.3 is 10.3 Å². The highest BCUT2D eigenvalue weighted by Gasteiger charge is 2.26. The van der Waals surface area contributed by atoms with Gasteiger partial charge in [0.2, 0.25) is 0 Å². The summed E-state index contributed by atoms with van der Waals surface area (Å²) in [7, 11) is 0. The lowest BCUT2D eigenvalue weighted by molar-refractivity contribution is 0.0936. The molecule has 1 aliphatic rings. The molecule has 0 bridgehead atoms. The molecule has 5 heteroatoms. The minimum Gasteiger partial charge on any atom is -0.356 e. The summed E-state index contributed by atoms with van der Waals surface area (Å²) >= 11 is 5.02. The highest BCUT2D eigenvalue weighted by Crippen LogP contribution is 2.36. The lowest BCUT2D eigenvalue weighted by Crippen LogP contribution is -2.30. The Morgan fingerprint density at radius 2 is 2.27 bits per heavy atom. The van der Waals surface area contributed by atoms with Crippen molar-refractivity contribution in [2.75, 3.05) is 0 Å². The first-order valence-electron chi connectivity index (χ1n) is 7.37. The Kier molecular flexibility index (Phi) is 3.54. The van der Waals surface area contributed by atoms with Crippen molar-refractivity contribution in [3.8, 4) is 0 Å². The molecule has 4 rings (SSSR count). The van der Waals surface area contributed by atoms with Gasteiger partial charge in [0.25, 0.3) is 5.91 Å². The van der Waals surface area contributed by atoms with Crippen molar-refractivity contribution in [1.29, 1.82) is 0 Å². The van der Waals surface area contributed by atoms with Crippen molar-refractivity contribution in [2.45, 2.75) is 25.3 Å². The second-order valence-electron chi connectivity index (χ2n) is 5.60. The van der Waals surface area contributed by atoms with Crippen LogP contribution in [0.3, 0.4) is 0 Å². The second-order valence-corrected chi connectivity index (χ2v) is 7.47. The van der Waals surface area contributed by atoms with E-state index in [1.165, 1.54) is 28.0 Å². The first kappa shape index (κ1) is 14.0. The van der Waals surface area contributed by atoms with Crippen LogP contribution in [0.4, 0.5) is 0 Å². The van der Waals surface area contributed by atoms with Crippen LogP contribution in [-0.4, -0.2) is 10.9 Å². The van der Waals surface area contributed by atoms with Crippen molar-refractivity contribution < 1.29 is 4.79 Å². The SMILES string of the molecule is O=C(NC1CCCc2c1[nH]c1ccc(Br)cc21)c1cccs1. The van der Waals surface area contributed by atoms with E-state index >= 15 is 0 Å². The largest absolute Gasteiger partial charge is 0.356 e. The Balaban J connectivity index is 1.70. The number of aromatic amines is 1. The van der Waals surface area contributed by atoms with Crippen LogP contribution in [0.15, 0.2) is 40.2 Å². The summed E-state index contributed by atoms with van der Waals surface area (Å²) in [6.07, 6.45) is 3.15. The maximum Gasteiger partial charge on any atom is 0.261 e. The number of amides is 1. The number of halogens is 1. The van der Waals surface area contributed by atoms with Crippen LogP contribution in [0.25, 0.3) is 10.9 Å². The summed E-state index contributed by atoms with van der Waals surface area (Å²) in [5.41, 5.74) is 3.66. The van der Waals surface area contributed by atoms with Gasteiger partial charge in [-0.05, 0) is 54.5 Å². The second kappa shape index (κ2) is 5.56. The number of carbonyl (C=O) groups is 1. The third-order valence-electron chi connectivity index (χ3n) is 4.22. The van der Waals surface area contributed by atoms with Gasteiger partial charge >= 0.3 is 0 Å². The van der Waals surface area contributed by atoms with Gasteiger partial charge in [-0.3, -0.25) is 4.79 Å². The number of hydrogen-bond acceptors (Lipinski definition) is 2. The van der Waals surface area contributed by atoms with Crippen molar-refractivity contribution in [1.82, 2.24) is 10.3 Å². The molecular weight excluding hydrogens is 360 g/mol. The van der Waals surface area contributed by atoms with E-state index in [9.17, 15) is 4.79 Å². The van der Waals surface area contributed by atoms with Gasteiger partial charge in [0.15, 0.2) is 0 Å². The monoisotopic (exact) mass is 374 g/mol. The van der Waals surface area contributed by atoms with Crippen LogP contribution in [0.2, 0.25) is 0 Å². The highest BCUT2D eigenvalue weighted by molar-refractivity contribution is 9.10. The molecule has 2 N–H and O–H groups in total. The van der Waals surface area contributed by atoms with E-state index in [4.69, 9.17) is 0 Å². The first-order valence-corrected chi connectivity index (χ1v) is 9.04. The van der Waals surface area contributed by atoms with E-state index in [-0.39, 0.29) is 11.9 Å². The maximum absolute atomic E-state index is 12.3. The molecule has 1 atom stereocenters. The van der Waals surface area contributed by atoms with Crippen LogP contribution in [0, 0.1) is 0 Å². The van der Waals surface area contributed by atoms with Gasteiger partial charge in [0.1, 0.15) is 0 Å². The van der Waals surface area contributed by atoms with Gasteiger partial charge in [0.05, 0.1) is 10.9 Å². The van der Waals surface area contributed by atoms with Gasteiger partial charge in [-0.1, -0.05) is 22.0 Å². The third kappa shape index (κ3) is 2.38. The lowest BCUT2D eigenvalue weighted by atomic mass is 9.91. The Hall–Kier alpha value is -1.59. The zero-order chi connectivity index (χ0) is 15.1. The van der Waals surface area contributed by atoms with E-state index in [0.717, 1.165) is 34.1 Å². The fourth-order valence-corrected chi connectivity index (χ4v) is 4.20. The van der Waals surface area contributed by atoms with Gasteiger partial charge in [0, 0.05) is 21.1 Å². The summed E-state index contributed by atoms with van der Waals surface area (Å²) in [6.45, 7) is 0. The van der Waals surface area contributed by atoms with Crippen LogP contribution < -0.4 is 5.32 Å². The first-order chi connectivity index (χ1) is 10.7. The molecule has 0 saturated carbocycles. The third-order valence-corrected chi connectivity index (χ3v) is 5.58. The molecule has 112 valence electrons. The molecule has 22 heavy (non-hydrogen) atoms. The lowest BCUT2D eigenvalue weighted by Gasteiger charge is -2.23. The number of aryl methyl sites for hydroxylation is 1. The molecule has 0 saturated heterocycles. The molecule has 1 amide bonds. The fraction of sp³-hybridized carbons (Fsp3) is 0.235. The number of carbonyl (C=O) groups excluding carboxylic acids is 1. The van der Waals surface area contributed by atoms with E-state index in [1.807, 2.05) is 23.6 Å². The van der Waals surface area contributed by atoms with Crippen molar-refractivity contribution >= 4 is 44.1 Å². The van der Waals surface area contributed by atoms with Crippen molar-refractivity contribution in [3.05, 3.63) is 56.3 Å². The minimum atomic E-state index is 0.0210. The molecule has 2 heterocycles. The smallest absolute Gasteiger partial charge is 0.261 e. The fourth-order valence-electron chi connectivity index (χ4n) is 3.22. The highest BCUT2D eigenvalue weighted by atomic mass is 79.9. The summed E-state index contributed by atoms with van der Waals surface area (Å²) in [5, 5.41) is 6.38. The Morgan fingerprint density at radius 3 is 3.09 bits per heavy atom. The quantitative estimate of drug-likeness (QED) is 0.664. The predicted octanol–water partition coefficient (Wildman–Crippen LogP) is 4.80. The molecule has 3 nitrogen and oxygen atoms in total. The topological polar surface area (TPSA) is 44.9 Å². The Labute approximate surface area is 140 Å². The van der Waals surface area contributed by atoms with Crippen molar-refractivity contribution in [3.63, 3.8) is 0 Å². The summed E-state index contributed by atoms with van der Waals surface area (Å²) < 4.78 is 1.09. The standard InChI is InChI=1S/C17H15BrN2OS/c18-10-6-7-13-12(9-10)11-3-1-4-14(16(11)19-13)20-17(21)15-5-2-8-22-15/h2,5-9,14,19H,1,3-4H2,(H,20,21). The molecule has 1 aromatic carbocycles. The number of thiophene rings is 1. The van der Waals surface area contributed by atoms with E-state index < -0.39 is 0 Å². The van der Waals surface area contributed by atoms with Crippen molar-refractivity contribution in [2.24, 2.45) is 0 Å². The molecule has 0 spiro atoms. The van der Waals surface area contributed by atoms with E-state index in [2.05, 4.69) is 38.4 Å². The molecule has 0 fully saturated rings. The molecule has 1 aliphatic carbocycles. The maximum atomic E-state index is 12.3. The summed E-state index contributed by atoms with van der Waals surface area (Å²) in [6, 6.07) is 10.1. The number of hydrogen-bond donors (Lipinski definition) is 2. The average molecular weight is 375 g/mol. The Bertz CT molecular complexity index is 838. The molecule has 0 radical (unpaired) electrons. The van der Waals surface area contributed by atoms with Crippen LogP contribution in [-0.2, 0) is 6.42 Å². The van der Waals surface area contributed by atoms with E-state index in [1.54, 1.807) is 0 Å². The number of nitrogens with one attached hydrogen (secondary N) is 2. The molecule has 3 aromatic rings. The van der Waals surface area contributed by atoms with Gasteiger partial charge in [-0.15, -0.1) is 11.3 Å². The van der Waals surface area contributed by atoms with Crippen LogP contribution in [0.5, 0.6) is 0 Å². The van der Waals surface area contributed by atoms with Gasteiger partial charge in [-0.25, -0.2) is 0 Å². The molecule has 1 unspecified atom stereocenters. The average Bonchev–Trinajstić information content (AvgIpc) is 3.15. The predicted molar refractivity (Wildman–Crippen MR) is 93.5 cm³/mol. The minimum absolute atomic E-state index is 0.0210. The molecule has 0 aliphatic heterocycles. The summed E-state index contributed by atoms with van der Waals surface area (Å²) in [4.78, 5) is 16.6. The number of benzene rings is 1. The van der Waals surface area contributed by atoms with Crippen LogP contribution in [0.1, 0.15) is 39.8 Å². The molecular formula is C17H15BrN2OS. The Morgan fingerprint density at radius 1 is 1.36 bits per heavy atom. The number of fused-ring (bicyclic) bond motifs is 3. The normalized spacial score (nSPS) is 17.4. The number of rotatable bonds is 2. The zero-order valence-corrected chi connectivity index (χ0v) is 14.3. The number of H-pyrrole nitrogens is 1. The zero-order valence-electron chi connectivity index (χ0n) is 11.9. The molecule has 2 aromatic heterocycles.